The minimum atomic E-state index is -0.747. The summed E-state index contributed by atoms with van der Waals surface area (Å²) in [5.74, 6) is 0.918. The van der Waals surface area contributed by atoms with Gasteiger partial charge in [-0.1, -0.05) is 17.3 Å². The van der Waals surface area contributed by atoms with Crippen LogP contribution in [-0.2, 0) is 4.79 Å². The van der Waals surface area contributed by atoms with Gasteiger partial charge >= 0.3 is 0 Å². The SMILES string of the molecule is COc1ccccc1O[C@H](C)C(=O)Nc1cc(-c2cccnc2)no1. The topological polar surface area (TPSA) is 86.5 Å². The predicted molar refractivity (Wildman–Crippen MR) is 91.4 cm³/mol. The van der Waals surface area contributed by atoms with Crippen molar-refractivity contribution in [2.24, 2.45) is 0 Å². The van der Waals surface area contributed by atoms with Crippen LogP contribution in [0.3, 0.4) is 0 Å². The van der Waals surface area contributed by atoms with Crippen molar-refractivity contribution in [2.75, 3.05) is 12.4 Å². The minimum absolute atomic E-state index is 0.235. The van der Waals surface area contributed by atoms with Gasteiger partial charge in [-0.05, 0) is 31.2 Å². The number of carbonyl (C=O) groups excluding carboxylic acids is 1. The van der Waals surface area contributed by atoms with Crippen molar-refractivity contribution in [2.45, 2.75) is 13.0 Å². The van der Waals surface area contributed by atoms with Gasteiger partial charge in [-0.3, -0.25) is 15.1 Å². The standard InChI is InChI=1S/C18H17N3O4/c1-12(24-16-8-4-3-7-15(16)23-2)18(22)20-17-10-14(21-25-17)13-6-5-9-19-11-13/h3-12H,1-2H3,(H,20,22)/t12-/m1/s1. The van der Waals surface area contributed by atoms with Gasteiger partial charge in [0.2, 0.25) is 5.88 Å². The normalized spacial score (nSPS) is 11.6. The molecule has 7 nitrogen and oxygen atoms in total. The van der Waals surface area contributed by atoms with E-state index in [0.717, 1.165) is 5.56 Å². The molecule has 3 rings (SSSR count). The van der Waals surface area contributed by atoms with Crippen LogP contribution in [-0.4, -0.2) is 29.3 Å². The fraction of sp³-hybridized carbons (Fsp3) is 0.167. The van der Waals surface area contributed by atoms with Gasteiger partial charge in [-0.25, -0.2) is 0 Å². The Hall–Kier alpha value is -3.35. The Bertz CT molecular complexity index is 848. The van der Waals surface area contributed by atoms with Crippen LogP contribution in [0, 0.1) is 0 Å². The van der Waals surface area contributed by atoms with Crippen molar-refractivity contribution in [3.8, 4) is 22.8 Å². The van der Waals surface area contributed by atoms with E-state index in [4.69, 9.17) is 14.0 Å². The zero-order valence-electron chi connectivity index (χ0n) is 13.8. The number of rotatable bonds is 6. The van der Waals surface area contributed by atoms with E-state index >= 15 is 0 Å². The van der Waals surface area contributed by atoms with E-state index in [2.05, 4.69) is 15.5 Å². The first-order valence-corrected chi connectivity index (χ1v) is 7.65. The minimum Gasteiger partial charge on any atom is -0.493 e. The number of anilines is 1. The van der Waals surface area contributed by atoms with E-state index < -0.39 is 6.10 Å². The van der Waals surface area contributed by atoms with Gasteiger partial charge in [0.25, 0.3) is 5.91 Å². The number of methoxy groups -OCH3 is 1. The van der Waals surface area contributed by atoms with Crippen LogP contribution in [0.25, 0.3) is 11.3 Å². The Kier molecular flexibility index (Phi) is 4.94. The van der Waals surface area contributed by atoms with Crippen LogP contribution >= 0.6 is 0 Å². The molecule has 1 atom stereocenters. The molecule has 0 aliphatic heterocycles. The van der Waals surface area contributed by atoms with Gasteiger partial charge in [0.15, 0.2) is 17.6 Å². The molecule has 1 amide bonds. The third kappa shape index (κ3) is 3.95. The van der Waals surface area contributed by atoms with E-state index in [1.807, 2.05) is 12.1 Å². The molecule has 7 heteroatoms. The van der Waals surface area contributed by atoms with Crippen molar-refractivity contribution in [1.82, 2.24) is 10.1 Å². The molecule has 0 spiro atoms. The first-order chi connectivity index (χ1) is 12.2. The molecule has 1 aromatic carbocycles. The summed E-state index contributed by atoms with van der Waals surface area (Å²) >= 11 is 0. The highest BCUT2D eigenvalue weighted by Gasteiger charge is 2.19. The fourth-order valence-corrected chi connectivity index (χ4v) is 2.17. The molecule has 2 heterocycles. The summed E-state index contributed by atoms with van der Waals surface area (Å²) in [6.45, 7) is 1.64. The summed E-state index contributed by atoms with van der Waals surface area (Å²) in [7, 11) is 1.54. The van der Waals surface area contributed by atoms with Crippen molar-refractivity contribution < 1.29 is 18.8 Å². The highest BCUT2D eigenvalue weighted by atomic mass is 16.5. The number of para-hydroxylation sites is 2. The zero-order valence-corrected chi connectivity index (χ0v) is 13.8. The molecule has 2 aromatic heterocycles. The summed E-state index contributed by atoms with van der Waals surface area (Å²) in [6.07, 6.45) is 2.59. The molecule has 0 aliphatic rings. The van der Waals surface area contributed by atoms with E-state index in [0.29, 0.717) is 17.2 Å². The number of aromatic nitrogens is 2. The maximum atomic E-state index is 12.3. The second-order valence-corrected chi connectivity index (χ2v) is 5.22. The average Bonchev–Trinajstić information content (AvgIpc) is 3.11. The fourth-order valence-electron chi connectivity index (χ4n) is 2.17. The quantitative estimate of drug-likeness (QED) is 0.742. The third-order valence-corrected chi connectivity index (χ3v) is 3.46. The van der Waals surface area contributed by atoms with Crippen LogP contribution < -0.4 is 14.8 Å². The van der Waals surface area contributed by atoms with Crippen LogP contribution in [0.15, 0.2) is 59.4 Å². The Morgan fingerprint density at radius 3 is 2.72 bits per heavy atom. The van der Waals surface area contributed by atoms with Gasteiger partial charge in [0, 0.05) is 24.0 Å². The lowest BCUT2D eigenvalue weighted by molar-refractivity contribution is -0.122. The monoisotopic (exact) mass is 339 g/mol. The molecule has 0 unspecified atom stereocenters. The smallest absolute Gasteiger partial charge is 0.267 e. The highest BCUT2D eigenvalue weighted by molar-refractivity contribution is 5.93. The number of hydrogen-bond donors (Lipinski definition) is 1. The largest absolute Gasteiger partial charge is 0.493 e. The number of nitrogens with one attached hydrogen (secondary N) is 1. The van der Waals surface area contributed by atoms with E-state index in [1.54, 1.807) is 56.8 Å². The molecular formula is C18H17N3O4. The third-order valence-electron chi connectivity index (χ3n) is 3.46. The molecule has 3 aromatic rings. The van der Waals surface area contributed by atoms with Crippen molar-refractivity contribution in [1.29, 1.82) is 0 Å². The molecular weight excluding hydrogens is 322 g/mol. The van der Waals surface area contributed by atoms with Crippen LogP contribution in [0.2, 0.25) is 0 Å². The first kappa shape index (κ1) is 16.5. The molecule has 0 fully saturated rings. The molecule has 128 valence electrons. The van der Waals surface area contributed by atoms with Crippen LogP contribution in [0.4, 0.5) is 5.88 Å². The zero-order chi connectivity index (χ0) is 17.6. The van der Waals surface area contributed by atoms with Crippen molar-refractivity contribution in [3.63, 3.8) is 0 Å². The predicted octanol–water partition coefficient (Wildman–Crippen LogP) is 3.15. The molecule has 0 saturated carbocycles. The van der Waals surface area contributed by atoms with E-state index in [1.165, 1.54) is 0 Å². The number of amides is 1. The number of nitrogens with zero attached hydrogens (tertiary/aromatic N) is 2. The molecule has 0 saturated heterocycles. The molecule has 0 aliphatic carbocycles. The van der Waals surface area contributed by atoms with Gasteiger partial charge < -0.3 is 14.0 Å². The number of hydrogen-bond acceptors (Lipinski definition) is 6. The van der Waals surface area contributed by atoms with E-state index in [9.17, 15) is 4.79 Å². The summed E-state index contributed by atoms with van der Waals surface area (Å²) in [4.78, 5) is 16.3. The summed E-state index contributed by atoms with van der Waals surface area (Å²) in [6, 6.07) is 12.4. The second kappa shape index (κ2) is 7.48. The lowest BCUT2D eigenvalue weighted by Crippen LogP contribution is -2.30. The van der Waals surface area contributed by atoms with Crippen molar-refractivity contribution in [3.05, 3.63) is 54.9 Å². The van der Waals surface area contributed by atoms with Gasteiger partial charge in [0.1, 0.15) is 5.69 Å². The maximum absolute atomic E-state index is 12.3. The Balaban J connectivity index is 1.65. The van der Waals surface area contributed by atoms with Crippen LogP contribution in [0.5, 0.6) is 11.5 Å². The van der Waals surface area contributed by atoms with Crippen molar-refractivity contribution >= 4 is 11.8 Å². The Morgan fingerprint density at radius 2 is 2.00 bits per heavy atom. The number of carbonyl (C=O) groups is 1. The number of benzene rings is 1. The van der Waals surface area contributed by atoms with Gasteiger partial charge in [0.05, 0.1) is 7.11 Å². The summed E-state index contributed by atoms with van der Waals surface area (Å²) in [5, 5.41) is 6.55. The Morgan fingerprint density at radius 1 is 1.20 bits per heavy atom. The molecule has 0 radical (unpaired) electrons. The van der Waals surface area contributed by atoms with E-state index in [-0.39, 0.29) is 11.8 Å². The van der Waals surface area contributed by atoms with Gasteiger partial charge in [-0.2, -0.15) is 0 Å². The molecule has 0 bridgehead atoms. The maximum Gasteiger partial charge on any atom is 0.267 e. The average molecular weight is 339 g/mol. The summed E-state index contributed by atoms with van der Waals surface area (Å²) < 4.78 is 16.0. The van der Waals surface area contributed by atoms with Gasteiger partial charge in [-0.15, -0.1) is 0 Å². The Labute approximate surface area is 144 Å². The summed E-state index contributed by atoms with van der Waals surface area (Å²) in [5.41, 5.74) is 1.38. The molecule has 1 N–H and O–H groups in total. The highest BCUT2D eigenvalue weighted by Crippen LogP contribution is 2.27. The number of pyridine rings is 1. The number of ether oxygens (including phenoxy) is 2. The van der Waals surface area contributed by atoms with Crippen LogP contribution in [0.1, 0.15) is 6.92 Å². The molecule has 25 heavy (non-hydrogen) atoms. The first-order valence-electron chi connectivity index (χ1n) is 7.65. The second-order valence-electron chi connectivity index (χ2n) is 5.22. The lowest BCUT2D eigenvalue weighted by Gasteiger charge is -2.15. The lowest BCUT2D eigenvalue weighted by atomic mass is 10.2.